The molecule has 2 aromatic carbocycles. The van der Waals surface area contributed by atoms with Crippen LogP contribution in [0.15, 0.2) is 47.6 Å². The molecule has 0 saturated heterocycles. The second-order valence-corrected chi connectivity index (χ2v) is 5.00. The number of aryl methyl sites for hydroxylation is 1. The van der Waals surface area contributed by atoms with Crippen LogP contribution in [0.4, 0.5) is 10.1 Å². The molecule has 3 rings (SSSR count). The lowest BCUT2D eigenvalue weighted by Crippen LogP contribution is -1.99. The first kappa shape index (κ1) is 13.3. The number of rotatable bonds is 3. The molecule has 5 heteroatoms. The molecule has 21 heavy (non-hydrogen) atoms. The average molecular weight is 284 g/mol. The van der Waals surface area contributed by atoms with E-state index < -0.39 is 5.82 Å². The minimum atomic E-state index is -0.472. The predicted molar refractivity (Wildman–Crippen MR) is 79.3 cm³/mol. The van der Waals surface area contributed by atoms with Crippen LogP contribution in [0, 0.1) is 17.6 Å². The van der Waals surface area contributed by atoms with Crippen molar-refractivity contribution in [3.8, 4) is 5.88 Å². The standard InChI is InChI=1S/C16H13FN2O2/c1-10-3-2-4-11(7-10)9-19-14-6-5-12(17)8-13(14)15(18-21)16(19)20/h2-8,20H,9H2,1H3. The van der Waals surface area contributed by atoms with Crippen LogP contribution in [0.5, 0.6) is 5.88 Å². The summed E-state index contributed by atoms with van der Waals surface area (Å²) in [4.78, 5) is 10.9. The third kappa shape index (κ3) is 2.27. The van der Waals surface area contributed by atoms with E-state index in [2.05, 4.69) is 5.18 Å². The monoisotopic (exact) mass is 284 g/mol. The van der Waals surface area contributed by atoms with E-state index >= 15 is 0 Å². The van der Waals surface area contributed by atoms with Crippen molar-refractivity contribution < 1.29 is 9.50 Å². The fourth-order valence-electron chi connectivity index (χ4n) is 2.54. The summed E-state index contributed by atoms with van der Waals surface area (Å²) < 4.78 is 14.9. The first-order chi connectivity index (χ1) is 10.1. The van der Waals surface area contributed by atoms with Gasteiger partial charge in [-0.05, 0) is 35.9 Å². The van der Waals surface area contributed by atoms with Gasteiger partial charge in [-0.25, -0.2) is 4.39 Å². The molecule has 0 aliphatic heterocycles. The molecule has 3 aromatic rings. The van der Waals surface area contributed by atoms with Crippen LogP contribution in [0.3, 0.4) is 0 Å². The lowest BCUT2D eigenvalue weighted by atomic mass is 10.1. The molecule has 0 spiro atoms. The predicted octanol–water partition coefficient (Wildman–Crippen LogP) is 4.24. The summed E-state index contributed by atoms with van der Waals surface area (Å²) in [6, 6.07) is 11.9. The maximum atomic E-state index is 13.3. The van der Waals surface area contributed by atoms with Crippen molar-refractivity contribution in [1.82, 2.24) is 4.57 Å². The van der Waals surface area contributed by atoms with Crippen LogP contribution >= 0.6 is 0 Å². The van der Waals surface area contributed by atoms with Gasteiger partial charge in [-0.3, -0.25) is 0 Å². The van der Waals surface area contributed by atoms with Gasteiger partial charge in [0, 0.05) is 5.39 Å². The van der Waals surface area contributed by atoms with Gasteiger partial charge in [0.25, 0.3) is 0 Å². The molecule has 0 atom stereocenters. The number of aromatic hydroxyl groups is 1. The molecule has 0 bridgehead atoms. The Bertz CT molecular complexity index is 840. The number of benzene rings is 2. The highest BCUT2D eigenvalue weighted by atomic mass is 19.1. The van der Waals surface area contributed by atoms with E-state index in [9.17, 15) is 14.4 Å². The molecular formula is C16H13FN2O2. The normalized spacial score (nSPS) is 11.0. The molecule has 106 valence electrons. The quantitative estimate of drug-likeness (QED) is 0.731. The largest absolute Gasteiger partial charge is 0.493 e. The molecular weight excluding hydrogens is 271 g/mol. The summed E-state index contributed by atoms with van der Waals surface area (Å²) in [5, 5.41) is 13.3. The first-order valence-corrected chi connectivity index (χ1v) is 6.50. The molecule has 1 aromatic heterocycles. The highest BCUT2D eigenvalue weighted by Crippen LogP contribution is 2.39. The molecule has 0 radical (unpaired) electrons. The highest BCUT2D eigenvalue weighted by Gasteiger charge is 2.18. The van der Waals surface area contributed by atoms with Crippen molar-refractivity contribution in [1.29, 1.82) is 0 Å². The lowest BCUT2D eigenvalue weighted by molar-refractivity contribution is 0.430. The molecule has 0 aliphatic rings. The van der Waals surface area contributed by atoms with Gasteiger partial charge >= 0.3 is 0 Å². The molecule has 0 fully saturated rings. The van der Waals surface area contributed by atoms with Gasteiger partial charge in [0.1, 0.15) is 5.82 Å². The van der Waals surface area contributed by atoms with E-state index in [0.717, 1.165) is 11.1 Å². The SMILES string of the molecule is Cc1cccc(Cn2c(O)c(N=O)c3cc(F)ccc32)c1. The zero-order valence-corrected chi connectivity index (χ0v) is 11.4. The Hall–Kier alpha value is -2.69. The summed E-state index contributed by atoms with van der Waals surface area (Å²) in [7, 11) is 0. The number of nitrogens with zero attached hydrogens (tertiary/aromatic N) is 2. The molecule has 0 amide bonds. The van der Waals surface area contributed by atoms with Gasteiger partial charge < -0.3 is 9.67 Å². The minimum Gasteiger partial charge on any atom is -0.493 e. The summed E-state index contributed by atoms with van der Waals surface area (Å²) >= 11 is 0. The average Bonchev–Trinajstić information content (AvgIpc) is 2.70. The zero-order valence-electron chi connectivity index (χ0n) is 11.4. The Balaban J connectivity index is 2.18. The number of halogens is 1. The van der Waals surface area contributed by atoms with Crippen molar-refractivity contribution in [2.24, 2.45) is 5.18 Å². The van der Waals surface area contributed by atoms with Gasteiger partial charge in [0.05, 0.1) is 12.1 Å². The third-order valence-electron chi connectivity index (χ3n) is 3.49. The van der Waals surface area contributed by atoms with E-state index in [1.807, 2.05) is 31.2 Å². The number of hydrogen-bond donors (Lipinski definition) is 1. The topological polar surface area (TPSA) is 54.6 Å². The smallest absolute Gasteiger partial charge is 0.222 e. The van der Waals surface area contributed by atoms with E-state index in [1.54, 1.807) is 4.57 Å². The van der Waals surface area contributed by atoms with Crippen molar-refractivity contribution in [2.75, 3.05) is 0 Å². The minimum absolute atomic E-state index is 0.128. The van der Waals surface area contributed by atoms with Crippen molar-refractivity contribution in [3.05, 3.63) is 64.3 Å². The first-order valence-electron chi connectivity index (χ1n) is 6.50. The molecule has 1 heterocycles. The van der Waals surface area contributed by atoms with E-state index in [0.29, 0.717) is 17.4 Å². The Kier molecular flexibility index (Phi) is 3.17. The summed E-state index contributed by atoms with van der Waals surface area (Å²) in [6.07, 6.45) is 0. The molecule has 4 nitrogen and oxygen atoms in total. The van der Waals surface area contributed by atoms with Crippen LogP contribution in [0.1, 0.15) is 11.1 Å². The van der Waals surface area contributed by atoms with Crippen molar-refractivity contribution >= 4 is 16.6 Å². The van der Waals surface area contributed by atoms with Gasteiger partial charge in [-0.2, -0.15) is 0 Å². The van der Waals surface area contributed by atoms with Gasteiger partial charge in [-0.15, -0.1) is 4.91 Å². The fourth-order valence-corrected chi connectivity index (χ4v) is 2.54. The highest BCUT2D eigenvalue weighted by molar-refractivity contribution is 5.95. The number of fused-ring (bicyclic) bond motifs is 1. The summed E-state index contributed by atoms with van der Waals surface area (Å²) in [6.45, 7) is 2.36. The Morgan fingerprint density at radius 3 is 2.76 bits per heavy atom. The Labute approximate surface area is 120 Å². The van der Waals surface area contributed by atoms with E-state index in [-0.39, 0.29) is 11.6 Å². The zero-order chi connectivity index (χ0) is 15.0. The van der Waals surface area contributed by atoms with E-state index in [4.69, 9.17) is 0 Å². The van der Waals surface area contributed by atoms with Crippen molar-refractivity contribution in [3.63, 3.8) is 0 Å². The molecule has 1 N–H and O–H groups in total. The second-order valence-electron chi connectivity index (χ2n) is 5.00. The lowest BCUT2D eigenvalue weighted by Gasteiger charge is -2.08. The molecule has 0 aliphatic carbocycles. The van der Waals surface area contributed by atoms with Crippen LogP contribution in [-0.4, -0.2) is 9.67 Å². The summed E-state index contributed by atoms with van der Waals surface area (Å²) in [5.41, 5.74) is 2.52. The Morgan fingerprint density at radius 1 is 1.24 bits per heavy atom. The van der Waals surface area contributed by atoms with Gasteiger partial charge in [0.15, 0.2) is 5.69 Å². The maximum absolute atomic E-state index is 13.3. The van der Waals surface area contributed by atoms with Gasteiger partial charge in [-0.1, -0.05) is 29.8 Å². The Morgan fingerprint density at radius 2 is 2.05 bits per heavy atom. The maximum Gasteiger partial charge on any atom is 0.222 e. The third-order valence-corrected chi connectivity index (χ3v) is 3.49. The molecule has 0 unspecified atom stereocenters. The molecule has 0 saturated carbocycles. The van der Waals surface area contributed by atoms with Crippen molar-refractivity contribution in [2.45, 2.75) is 13.5 Å². The van der Waals surface area contributed by atoms with Crippen LogP contribution < -0.4 is 0 Å². The number of aromatic nitrogens is 1. The number of nitroso groups, excluding NO2 is 1. The second kappa shape index (κ2) is 5.01. The fraction of sp³-hybridized carbons (Fsp3) is 0.125. The van der Waals surface area contributed by atoms with Gasteiger partial charge in [0.2, 0.25) is 5.88 Å². The van der Waals surface area contributed by atoms with E-state index in [1.165, 1.54) is 18.2 Å². The summed E-state index contributed by atoms with van der Waals surface area (Å²) in [5.74, 6) is -0.716. The van der Waals surface area contributed by atoms with Crippen LogP contribution in [0.2, 0.25) is 0 Å². The van der Waals surface area contributed by atoms with Crippen LogP contribution in [-0.2, 0) is 6.54 Å². The van der Waals surface area contributed by atoms with Crippen LogP contribution in [0.25, 0.3) is 10.9 Å². The number of hydrogen-bond acceptors (Lipinski definition) is 3.